The third-order valence-electron chi connectivity index (χ3n) is 5.67. The van der Waals surface area contributed by atoms with Crippen LogP contribution in [0, 0.1) is 5.82 Å². The van der Waals surface area contributed by atoms with E-state index in [9.17, 15) is 14.4 Å². The number of nitrogens with zero attached hydrogens (tertiary/aromatic N) is 3. The Morgan fingerprint density at radius 1 is 1.13 bits per heavy atom. The molecular weight excluding hydrogens is 403 g/mol. The smallest absolute Gasteiger partial charge is 0.410 e. The van der Waals surface area contributed by atoms with Crippen LogP contribution in [0.15, 0.2) is 24.4 Å². The Morgan fingerprint density at radius 3 is 2.48 bits per heavy atom. The molecule has 2 saturated heterocycles. The summed E-state index contributed by atoms with van der Waals surface area (Å²) in [6, 6.07) is 4.62. The molecule has 0 spiro atoms. The normalized spacial score (nSPS) is 18.5. The van der Waals surface area contributed by atoms with Gasteiger partial charge in [-0.25, -0.2) is 14.0 Å². The fourth-order valence-electron chi connectivity index (χ4n) is 4.16. The van der Waals surface area contributed by atoms with Gasteiger partial charge in [-0.1, -0.05) is 0 Å². The summed E-state index contributed by atoms with van der Waals surface area (Å²) in [7, 11) is 0. The van der Waals surface area contributed by atoms with Gasteiger partial charge in [0, 0.05) is 43.7 Å². The van der Waals surface area contributed by atoms with Gasteiger partial charge in [-0.05, 0) is 51.8 Å². The summed E-state index contributed by atoms with van der Waals surface area (Å²) in [5, 5.41) is 2.65. The lowest BCUT2D eigenvalue weighted by atomic mass is 10.0. The number of amides is 4. The highest BCUT2D eigenvalue weighted by Gasteiger charge is 2.30. The maximum absolute atomic E-state index is 15.2. The van der Waals surface area contributed by atoms with E-state index in [-0.39, 0.29) is 36.7 Å². The predicted octanol–water partition coefficient (Wildman–Crippen LogP) is 3.80. The Balaban J connectivity index is 1.50. The van der Waals surface area contributed by atoms with Crippen molar-refractivity contribution in [1.82, 2.24) is 14.8 Å². The van der Waals surface area contributed by atoms with Crippen LogP contribution in [-0.4, -0.2) is 52.7 Å². The fraction of sp³-hybridized carbons (Fsp3) is 0.500. The number of anilines is 1. The molecule has 9 heteroatoms. The standard InChI is InChI=1S/C22H27FN4O4/c1-22(2,3)31-21(30)25-10-6-14(7-11-25)26-12-8-15-16(26)4-5-17(19(15)23)27-13-9-18(28)24-20(27)29/h4-5,8,12,14H,6-7,9-11,13H2,1-3H3,(H,24,28,29). The first kappa shape index (κ1) is 21.1. The number of halogens is 1. The molecule has 3 heterocycles. The first-order valence-electron chi connectivity index (χ1n) is 10.5. The van der Waals surface area contributed by atoms with Crippen LogP contribution in [0.1, 0.15) is 46.1 Å². The Bertz CT molecular complexity index is 1030. The number of ether oxygens (including phenoxy) is 1. The molecule has 0 bridgehead atoms. The molecule has 1 aromatic heterocycles. The molecule has 31 heavy (non-hydrogen) atoms. The number of fused-ring (bicyclic) bond motifs is 1. The summed E-state index contributed by atoms with van der Waals surface area (Å²) in [6.07, 6.45) is 3.16. The molecule has 0 aliphatic carbocycles. The number of rotatable bonds is 2. The largest absolute Gasteiger partial charge is 0.444 e. The molecule has 0 atom stereocenters. The van der Waals surface area contributed by atoms with Gasteiger partial charge in [0.15, 0.2) is 5.82 Å². The third-order valence-corrected chi connectivity index (χ3v) is 5.67. The summed E-state index contributed by atoms with van der Waals surface area (Å²) in [4.78, 5) is 38.7. The molecular formula is C22H27FN4O4. The van der Waals surface area contributed by atoms with Crippen molar-refractivity contribution in [2.75, 3.05) is 24.5 Å². The van der Waals surface area contributed by atoms with Crippen molar-refractivity contribution >= 4 is 34.6 Å². The van der Waals surface area contributed by atoms with Gasteiger partial charge in [0.2, 0.25) is 5.91 Å². The summed E-state index contributed by atoms with van der Waals surface area (Å²) >= 11 is 0. The molecule has 166 valence electrons. The van der Waals surface area contributed by atoms with Crippen molar-refractivity contribution in [1.29, 1.82) is 0 Å². The Morgan fingerprint density at radius 2 is 1.84 bits per heavy atom. The van der Waals surface area contributed by atoms with E-state index >= 15 is 4.39 Å². The quantitative estimate of drug-likeness (QED) is 0.786. The van der Waals surface area contributed by atoms with Crippen LogP contribution in [0.4, 0.5) is 19.7 Å². The number of hydrogen-bond acceptors (Lipinski definition) is 4. The van der Waals surface area contributed by atoms with Gasteiger partial charge in [-0.15, -0.1) is 0 Å². The van der Waals surface area contributed by atoms with Crippen LogP contribution in [0.3, 0.4) is 0 Å². The van der Waals surface area contributed by atoms with E-state index < -0.39 is 17.4 Å². The first-order chi connectivity index (χ1) is 14.6. The van der Waals surface area contributed by atoms with Crippen molar-refractivity contribution in [3.63, 3.8) is 0 Å². The van der Waals surface area contributed by atoms with E-state index in [2.05, 4.69) is 5.32 Å². The number of likely N-dealkylation sites (tertiary alicyclic amines) is 1. The van der Waals surface area contributed by atoms with Crippen molar-refractivity contribution in [3.05, 3.63) is 30.2 Å². The van der Waals surface area contributed by atoms with E-state index in [1.807, 2.05) is 31.5 Å². The Labute approximate surface area is 179 Å². The number of urea groups is 1. The van der Waals surface area contributed by atoms with E-state index in [0.717, 1.165) is 18.4 Å². The molecule has 1 N–H and O–H groups in total. The van der Waals surface area contributed by atoms with Gasteiger partial charge in [-0.3, -0.25) is 15.0 Å². The summed E-state index contributed by atoms with van der Waals surface area (Å²) in [6.45, 7) is 6.83. The number of benzene rings is 1. The summed E-state index contributed by atoms with van der Waals surface area (Å²) < 4.78 is 22.7. The number of piperidine rings is 1. The lowest BCUT2D eigenvalue weighted by molar-refractivity contribution is -0.120. The van der Waals surface area contributed by atoms with Crippen LogP contribution >= 0.6 is 0 Å². The van der Waals surface area contributed by atoms with Gasteiger partial charge in [0.25, 0.3) is 0 Å². The number of aromatic nitrogens is 1. The minimum atomic E-state index is -0.608. The maximum atomic E-state index is 15.2. The van der Waals surface area contributed by atoms with Crippen LogP contribution in [0.2, 0.25) is 0 Å². The molecule has 8 nitrogen and oxygen atoms in total. The average molecular weight is 430 g/mol. The number of carbonyl (C=O) groups is 3. The molecule has 1 aromatic carbocycles. The third kappa shape index (κ3) is 4.22. The predicted molar refractivity (Wildman–Crippen MR) is 113 cm³/mol. The minimum Gasteiger partial charge on any atom is -0.444 e. The molecule has 4 rings (SSSR count). The number of nitrogens with one attached hydrogen (secondary N) is 1. The molecule has 2 aromatic rings. The van der Waals surface area contributed by atoms with Gasteiger partial charge in [0.1, 0.15) is 5.60 Å². The molecule has 4 amide bonds. The first-order valence-corrected chi connectivity index (χ1v) is 10.5. The number of imide groups is 1. The monoisotopic (exact) mass is 430 g/mol. The highest BCUT2D eigenvalue weighted by atomic mass is 19.1. The minimum absolute atomic E-state index is 0.136. The Hall–Kier alpha value is -3.10. The molecule has 2 fully saturated rings. The van der Waals surface area contributed by atoms with Gasteiger partial charge >= 0.3 is 12.1 Å². The topological polar surface area (TPSA) is 83.9 Å². The van der Waals surface area contributed by atoms with Crippen molar-refractivity contribution in [2.45, 2.75) is 51.7 Å². The van der Waals surface area contributed by atoms with Crippen LogP contribution in [-0.2, 0) is 9.53 Å². The second-order valence-electron chi connectivity index (χ2n) is 9.01. The number of carbonyl (C=O) groups excluding carboxylic acids is 3. The lowest BCUT2D eigenvalue weighted by Gasteiger charge is -2.34. The van der Waals surface area contributed by atoms with Crippen molar-refractivity contribution in [2.24, 2.45) is 0 Å². The fourth-order valence-corrected chi connectivity index (χ4v) is 4.16. The zero-order valence-electron chi connectivity index (χ0n) is 18.0. The second-order valence-corrected chi connectivity index (χ2v) is 9.01. The van der Waals surface area contributed by atoms with Gasteiger partial charge in [-0.2, -0.15) is 0 Å². The second kappa shape index (κ2) is 7.86. The van der Waals surface area contributed by atoms with Crippen molar-refractivity contribution in [3.8, 4) is 0 Å². The number of hydrogen-bond donors (Lipinski definition) is 1. The molecule has 0 saturated carbocycles. The lowest BCUT2D eigenvalue weighted by Crippen LogP contribution is -2.49. The highest BCUT2D eigenvalue weighted by Crippen LogP contribution is 2.33. The van der Waals surface area contributed by atoms with E-state index in [0.29, 0.717) is 18.5 Å². The van der Waals surface area contributed by atoms with E-state index in [4.69, 9.17) is 4.74 Å². The molecule has 0 unspecified atom stereocenters. The van der Waals surface area contributed by atoms with E-state index in [1.165, 1.54) is 4.90 Å². The van der Waals surface area contributed by atoms with Gasteiger partial charge in [0.05, 0.1) is 11.2 Å². The van der Waals surface area contributed by atoms with Gasteiger partial charge < -0.3 is 14.2 Å². The molecule has 2 aliphatic rings. The highest BCUT2D eigenvalue weighted by molar-refractivity contribution is 6.06. The van der Waals surface area contributed by atoms with Crippen molar-refractivity contribution < 1.29 is 23.5 Å². The molecule has 2 aliphatic heterocycles. The Kier molecular flexibility index (Phi) is 5.36. The van der Waals surface area contributed by atoms with Crippen LogP contribution < -0.4 is 10.2 Å². The average Bonchev–Trinajstić information content (AvgIpc) is 3.13. The zero-order chi connectivity index (χ0) is 22.3. The van der Waals surface area contributed by atoms with E-state index in [1.54, 1.807) is 23.1 Å². The summed E-state index contributed by atoms with van der Waals surface area (Å²) in [5.41, 5.74) is 0.374. The van der Waals surface area contributed by atoms with Crippen LogP contribution in [0.5, 0.6) is 0 Å². The molecule has 0 radical (unpaired) electrons. The zero-order valence-corrected chi connectivity index (χ0v) is 18.0. The maximum Gasteiger partial charge on any atom is 0.410 e. The van der Waals surface area contributed by atoms with Crippen LogP contribution in [0.25, 0.3) is 10.9 Å². The SMILES string of the molecule is CC(C)(C)OC(=O)N1CCC(n2ccc3c(F)c(N4CCC(=O)NC4=O)ccc32)CC1. The summed E-state index contributed by atoms with van der Waals surface area (Å²) in [5.74, 6) is -0.835.